The minimum atomic E-state index is -0.106. The van der Waals surface area contributed by atoms with Crippen molar-refractivity contribution >= 4 is 22.9 Å². The molecule has 2 rings (SSSR count). The summed E-state index contributed by atoms with van der Waals surface area (Å²) in [6, 6.07) is 3.51. The molecule has 0 radical (unpaired) electrons. The summed E-state index contributed by atoms with van der Waals surface area (Å²) in [4.78, 5) is 13.3. The van der Waals surface area contributed by atoms with Gasteiger partial charge in [0.1, 0.15) is 0 Å². The quantitative estimate of drug-likeness (QED) is 0.858. The molecule has 5 heteroatoms. The fourth-order valence-corrected chi connectivity index (χ4v) is 2.13. The molecule has 3 N–H and O–H groups in total. The molecule has 0 spiro atoms. The van der Waals surface area contributed by atoms with Crippen molar-refractivity contribution in [2.24, 2.45) is 0 Å². The van der Waals surface area contributed by atoms with Crippen LogP contribution in [0.1, 0.15) is 20.1 Å². The van der Waals surface area contributed by atoms with E-state index in [1.807, 2.05) is 13.0 Å². The molecule has 1 amide bonds. The molecule has 4 nitrogen and oxygen atoms in total. The zero-order valence-electron chi connectivity index (χ0n) is 8.82. The van der Waals surface area contributed by atoms with Crippen LogP contribution in [0.2, 0.25) is 0 Å². The molecule has 84 valence electrons. The maximum Gasteiger partial charge on any atom is 0.261 e. The number of nitrogens with two attached hydrogens (primary N) is 1. The Morgan fingerprint density at radius 3 is 3.00 bits per heavy atom. The third-order valence-electron chi connectivity index (χ3n) is 2.21. The second kappa shape index (κ2) is 4.40. The average Bonchev–Trinajstić information content (AvgIpc) is 2.86. The van der Waals surface area contributed by atoms with E-state index >= 15 is 0 Å². The molecule has 0 aromatic carbocycles. The summed E-state index contributed by atoms with van der Waals surface area (Å²) in [6.45, 7) is 2.36. The molecule has 2 heterocycles. The summed E-state index contributed by atoms with van der Waals surface area (Å²) < 4.78 is 4.91. The first kappa shape index (κ1) is 10.8. The van der Waals surface area contributed by atoms with Crippen molar-refractivity contribution in [3.8, 4) is 0 Å². The van der Waals surface area contributed by atoms with Crippen molar-refractivity contribution in [2.45, 2.75) is 13.5 Å². The van der Waals surface area contributed by atoms with Crippen LogP contribution in [0, 0.1) is 6.92 Å². The molecule has 0 unspecified atom stereocenters. The van der Waals surface area contributed by atoms with Gasteiger partial charge in [0.2, 0.25) is 0 Å². The fourth-order valence-electron chi connectivity index (χ4n) is 1.27. The van der Waals surface area contributed by atoms with Gasteiger partial charge in [0.05, 0.1) is 17.4 Å². The third-order valence-corrected chi connectivity index (χ3v) is 3.28. The number of nitrogens with one attached hydrogen (secondary N) is 1. The van der Waals surface area contributed by atoms with E-state index in [0.717, 1.165) is 10.4 Å². The van der Waals surface area contributed by atoms with Crippen molar-refractivity contribution in [1.29, 1.82) is 0 Å². The molecule has 0 saturated carbocycles. The number of carbonyl (C=O) groups is 1. The number of rotatable bonds is 3. The normalized spacial score (nSPS) is 10.3. The lowest BCUT2D eigenvalue weighted by Crippen LogP contribution is -2.21. The predicted octanol–water partition coefficient (Wildman–Crippen LogP) is 2.16. The van der Waals surface area contributed by atoms with Gasteiger partial charge >= 0.3 is 0 Å². The summed E-state index contributed by atoms with van der Waals surface area (Å²) in [6.07, 6.45) is 3.18. The molecule has 0 aliphatic rings. The maximum absolute atomic E-state index is 11.7. The highest BCUT2D eigenvalue weighted by Crippen LogP contribution is 2.23. The monoisotopic (exact) mass is 236 g/mol. The molecule has 0 aliphatic heterocycles. The number of furan rings is 1. The van der Waals surface area contributed by atoms with Crippen LogP contribution in [-0.4, -0.2) is 5.91 Å². The number of hydrogen-bond donors (Lipinski definition) is 2. The number of nitrogen functional groups attached to an aromatic ring is 1. The zero-order chi connectivity index (χ0) is 11.5. The zero-order valence-corrected chi connectivity index (χ0v) is 9.64. The molecule has 16 heavy (non-hydrogen) atoms. The van der Waals surface area contributed by atoms with E-state index in [9.17, 15) is 4.79 Å². The molecule has 0 aliphatic carbocycles. The van der Waals surface area contributed by atoms with Crippen LogP contribution in [0.3, 0.4) is 0 Å². The van der Waals surface area contributed by atoms with Crippen LogP contribution in [0.15, 0.2) is 29.1 Å². The number of carbonyl (C=O) groups excluding carboxylic acids is 1. The van der Waals surface area contributed by atoms with Gasteiger partial charge in [-0.15, -0.1) is 11.3 Å². The van der Waals surface area contributed by atoms with Crippen molar-refractivity contribution in [1.82, 2.24) is 5.32 Å². The highest BCUT2D eigenvalue weighted by Gasteiger charge is 2.10. The van der Waals surface area contributed by atoms with E-state index < -0.39 is 0 Å². The number of thiophene rings is 1. The van der Waals surface area contributed by atoms with Gasteiger partial charge in [-0.1, -0.05) is 0 Å². The fraction of sp³-hybridized carbons (Fsp3) is 0.182. The largest absolute Gasteiger partial charge is 0.472 e. The van der Waals surface area contributed by atoms with Gasteiger partial charge in [-0.3, -0.25) is 4.79 Å². The van der Waals surface area contributed by atoms with Gasteiger partial charge in [0.15, 0.2) is 0 Å². The Bertz CT molecular complexity index is 469. The van der Waals surface area contributed by atoms with Gasteiger partial charge < -0.3 is 15.5 Å². The summed E-state index contributed by atoms with van der Waals surface area (Å²) in [7, 11) is 0. The van der Waals surface area contributed by atoms with Gasteiger partial charge in [0, 0.05) is 22.7 Å². The van der Waals surface area contributed by atoms with E-state index in [2.05, 4.69) is 5.32 Å². The lowest BCUT2D eigenvalue weighted by atomic mass is 10.3. The Morgan fingerprint density at radius 1 is 1.62 bits per heavy atom. The number of amides is 1. The Balaban J connectivity index is 1.98. The first-order valence-electron chi connectivity index (χ1n) is 4.82. The number of aryl methyl sites for hydroxylation is 1. The molecular weight excluding hydrogens is 224 g/mol. The SMILES string of the molecule is Cc1sc(C(=O)NCc2ccoc2)cc1N. The number of hydrogen-bond acceptors (Lipinski definition) is 4. The molecule has 2 aromatic rings. The topological polar surface area (TPSA) is 68.3 Å². The second-order valence-corrected chi connectivity index (χ2v) is 4.69. The van der Waals surface area contributed by atoms with E-state index in [4.69, 9.17) is 10.2 Å². The minimum absolute atomic E-state index is 0.106. The minimum Gasteiger partial charge on any atom is -0.472 e. The van der Waals surface area contributed by atoms with Gasteiger partial charge in [0.25, 0.3) is 5.91 Å². The van der Waals surface area contributed by atoms with Crippen molar-refractivity contribution in [3.05, 3.63) is 40.0 Å². The molecule has 2 aromatic heterocycles. The van der Waals surface area contributed by atoms with Crippen LogP contribution >= 0.6 is 11.3 Å². The van der Waals surface area contributed by atoms with Crippen LogP contribution in [0.4, 0.5) is 5.69 Å². The first-order chi connectivity index (χ1) is 7.66. The summed E-state index contributed by atoms with van der Waals surface area (Å²) in [5.74, 6) is -0.106. The van der Waals surface area contributed by atoms with Gasteiger partial charge in [-0.2, -0.15) is 0 Å². The number of anilines is 1. The Morgan fingerprint density at radius 2 is 2.44 bits per heavy atom. The Labute approximate surface area is 97.1 Å². The van der Waals surface area contributed by atoms with E-state index in [-0.39, 0.29) is 5.91 Å². The van der Waals surface area contributed by atoms with Crippen LogP contribution < -0.4 is 11.1 Å². The van der Waals surface area contributed by atoms with Crippen LogP contribution in [0.5, 0.6) is 0 Å². The summed E-state index contributed by atoms with van der Waals surface area (Å²) in [5, 5.41) is 2.80. The van der Waals surface area contributed by atoms with Crippen molar-refractivity contribution in [3.63, 3.8) is 0 Å². The maximum atomic E-state index is 11.7. The van der Waals surface area contributed by atoms with E-state index in [0.29, 0.717) is 17.1 Å². The van der Waals surface area contributed by atoms with Crippen LogP contribution in [-0.2, 0) is 6.54 Å². The van der Waals surface area contributed by atoms with E-state index in [1.54, 1.807) is 18.6 Å². The van der Waals surface area contributed by atoms with Crippen molar-refractivity contribution in [2.75, 3.05) is 5.73 Å². The first-order valence-corrected chi connectivity index (χ1v) is 5.63. The Hall–Kier alpha value is -1.75. The molecule has 0 saturated heterocycles. The van der Waals surface area contributed by atoms with Gasteiger partial charge in [-0.05, 0) is 19.1 Å². The van der Waals surface area contributed by atoms with Crippen LogP contribution in [0.25, 0.3) is 0 Å². The smallest absolute Gasteiger partial charge is 0.261 e. The molecule has 0 atom stereocenters. The average molecular weight is 236 g/mol. The highest BCUT2D eigenvalue weighted by atomic mass is 32.1. The van der Waals surface area contributed by atoms with E-state index in [1.165, 1.54) is 11.3 Å². The molecule has 0 fully saturated rings. The third kappa shape index (κ3) is 2.25. The van der Waals surface area contributed by atoms with Gasteiger partial charge in [-0.25, -0.2) is 0 Å². The molecular formula is C11H12N2O2S. The lowest BCUT2D eigenvalue weighted by Gasteiger charge is -2.00. The molecule has 0 bridgehead atoms. The summed E-state index contributed by atoms with van der Waals surface area (Å²) in [5.41, 5.74) is 7.29. The summed E-state index contributed by atoms with van der Waals surface area (Å²) >= 11 is 1.40. The second-order valence-electron chi connectivity index (χ2n) is 3.44. The Kier molecular flexibility index (Phi) is 2.96. The highest BCUT2D eigenvalue weighted by molar-refractivity contribution is 7.14. The predicted molar refractivity (Wildman–Crippen MR) is 63.3 cm³/mol. The lowest BCUT2D eigenvalue weighted by molar-refractivity contribution is 0.0955. The standard InChI is InChI=1S/C11H12N2O2S/c1-7-9(12)4-10(16-7)11(14)13-5-8-2-3-15-6-8/h2-4,6H,5,12H2,1H3,(H,13,14). The van der Waals surface area contributed by atoms with Crippen molar-refractivity contribution < 1.29 is 9.21 Å².